The summed E-state index contributed by atoms with van der Waals surface area (Å²) in [7, 11) is 1.55. The lowest BCUT2D eigenvalue weighted by Gasteiger charge is -2.19. The molecule has 0 aliphatic heterocycles. The van der Waals surface area contributed by atoms with Crippen LogP contribution in [-0.2, 0) is 6.18 Å². The molecule has 0 bridgehead atoms. The van der Waals surface area contributed by atoms with E-state index in [0.717, 1.165) is 22.3 Å². The van der Waals surface area contributed by atoms with Gasteiger partial charge in [-0.15, -0.1) is 0 Å². The van der Waals surface area contributed by atoms with Crippen LogP contribution in [0.3, 0.4) is 0 Å². The minimum Gasteiger partial charge on any atom is -0.623 e. The first-order valence-electron chi connectivity index (χ1n) is 8.97. The quantitative estimate of drug-likeness (QED) is 0.246. The number of alkyl halides is 3. The largest absolute Gasteiger partial charge is 0.623 e. The van der Waals surface area contributed by atoms with Gasteiger partial charge in [0.25, 0.3) is 0 Å². The van der Waals surface area contributed by atoms with Crippen LogP contribution < -0.4 is 4.74 Å². The van der Waals surface area contributed by atoms with Crippen molar-refractivity contribution in [2.75, 3.05) is 7.11 Å². The number of pyridine rings is 1. The molecule has 3 rings (SSSR count). The van der Waals surface area contributed by atoms with Crippen molar-refractivity contribution in [1.29, 1.82) is 0 Å². The van der Waals surface area contributed by atoms with Crippen molar-refractivity contribution < 1.29 is 22.6 Å². The van der Waals surface area contributed by atoms with Gasteiger partial charge in [-0.3, -0.25) is 0 Å². The Balaban J connectivity index is 2.22. The average Bonchev–Trinajstić information content (AvgIpc) is 2.65. The number of hydrogen-bond acceptors (Lipinski definition) is 3. The minimum atomic E-state index is -4.42. The Morgan fingerprint density at radius 3 is 2.21 bits per heavy atom. The van der Waals surface area contributed by atoms with Crippen molar-refractivity contribution in [3.05, 3.63) is 64.9 Å². The Bertz CT molecular complexity index is 1070. The maximum atomic E-state index is 12.9. The van der Waals surface area contributed by atoms with Gasteiger partial charge in [0, 0.05) is 31.7 Å². The molecule has 0 unspecified atom stereocenters. The van der Waals surface area contributed by atoms with E-state index in [4.69, 9.17) is 4.74 Å². The van der Waals surface area contributed by atoms with Gasteiger partial charge in [-0.05, 0) is 36.4 Å². The summed E-state index contributed by atoms with van der Waals surface area (Å²) >= 11 is 0. The molecule has 0 atom stereocenters. The fourth-order valence-electron chi connectivity index (χ4n) is 2.76. The molecule has 1 heterocycles. The summed E-state index contributed by atoms with van der Waals surface area (Å²) in [6, 6.07) is 11.9. The molecule has 0 saturated heterocycles. The monoisotopic (exact) mass is 402 g/mol. The Morgan fingerprint density at radius 2 is 1.66 bits per heavy atom. The summed E-state index contributed by atoms with van der Waals surface area (Å²) in [5.41, 5.74) is 0.658. The zero-order chi connectivity index (χ0) is 21.4. The summed E-state index contributed by atoms with van der Waals surface area (Å²) < 4.78 is 44.8. The van der Waals surface area contributed by atoms with Gasteiger partial charge >= 0.3 is 6.18 Å². The van der Waals surface area contributed by atoms with E-state index in [2.05, 4.69) is 4.98 Å². The van der Waals surface area contributed by atoms with Gasteiger partial charge in [0.15, 0.2) is 11.8 Å². The van der Waals surface area contributed by atoms with Gasteiger partial charge in [0.2, 0.25) is 0 Å². The van der Waals surface area contributed by atoms with Crippen LogP contribution in [-0.4, -0.2) is 28.6 Å². The van der Waals surface area contributed by atoms with Crippen LogP contribution in [0, 0.1) is 5.21 Å². The number of nitrogens with zero attached hydrogens (tertiary/aromatic N) is 2. The summed E-state index contributed by atoms with van der Waals surface area (Å²) in [5, 5.41) is 13.3. The molecule has 152 valence electrons. The Hall–Kier alpha value is -3.09. The zero-order valence-electron chi connectivity index (χ0n) is 16.5. The van der Waals surface area contributed by atoms with Crippen LogP contribution in [0.5, 0.6) is 5.75 Å². The first kappa shape index (κ1) is 20.6. The molecule has 1 aromatic heterocycles. The van der Waals surface area contributed by atoms with E-state index in [0.29, 0.717) is 28.1 Å². The average molecular weight is 402 g/mol. The van der Waals surface area contributed by atoms with Crippen LogP contribution in [0.1, 0.15) is 31.9 Å². The van der Waals surface area contributed by atoms with Crippen molar-refractivity contribution in [2.24, 2.45) is 0 Å². The Labute approximate surface area is 166 Å². The highest BCUT2D eigenvalue weighted by molar-refractivity contribution is 5.94. The predicted octanol–water partition coefficient (Wildman–Crippen LogP) is 5.66. The highest BCUT2D eigenvalue weighted by Crippen LogP contribution is 2.32. The SMILES string of the molecule is COc1ccc2nc(-c3ccc(C(F)(F)F)cc3)c(/C=[N+](\[O-])C(C)(C)C)cc2c1. The lowest BCUT2D eigenvalue weighted by molar-refractivity contribution is -0.530. The molecule has 0 amide bonds. The second kappa shape index (κ2) is 7.39. The van der Waals surface area contributed by atoms with Gasteiger partial charge in [0.05, 0.1) is 29.4 Å². The van der Waals surface area contributed by atoms with Crippen LogP contribution in [0.2, 0.25) is 0 Å². The van der Waals surface area contributed by atoms with E-state index in [1.54, 1.807) is 52.1 Å². The summed E-state index contributed by atoms with van der Waals surface area (Å²) in [6.07, 6.45) is -3.00. The van der Waals surface area contributed by atoms with Crippen LogP contribution in [0.4, 0.5) is 13.2 Å². The third-order valence-electron chi connectivity index (χ3n) is 4.45. The highest BCUT2D eigenvalue weighted by Gasteiger charge is 2.30. The first-order chi connectivity index (χ1) is 13.5. The number of hydroxylamine groups is 1. The Morgan fingerprint density at radius 1 is 1.00 bits per heavy atom. The van der Waals surface area contributed by atoms with Crippen molar-refractivity contribution in [2.45, 2.75) is 32.5 Å². The topological polar surface area (TPSA) is 48.2 Å². The molecule has 0 fully saturated rings. The Kier molecular flexibility index (Phi) is 5.26. The fourth-order valence-corrected chi connectivity index (χ4v) is 2.76. The van der Waals surface area contributed by atoms with E-state index >= 15 is 0 Å². The molecule has 4 nitrogen and oxygen atoms in total. The number of fused-ring (bicyclic) bond motifs is 1. The van der Waals surface area contributed by atoms with Gasteiger partial charge in [-0.1, -0.05) is 12.1 Å². The van der Waals surface area contributed by atoms with Crippen molar-refractivity contribution >= 4 is 17.1 Å². The molecule has 3 aromatic rings. The summed E-state index contributed by atoms with van der Waals surface area (Å²) in [6.45, 7) is 5.31. The highest BCUT2D eigenvalue weighted by atomic mass is 19.4. The molecule has 0 saturated carbocycles. The third-order valence-corrected chi connectivity index (χ3v) is 4.45. The maximum Gasteiger partial charge on any atom is 0.416 e. The number of rotatable bonds is 3. The zero-order valence-corrected chi connectivity index (χ0v) is 16.5. The molecular weight excluding hydrogens is 381 g/mol. The molecular formula is C22H21F3N2O2. The third kappa shape index (κ3) is 4.50. The van der Waals surface area contributed by atoms with E-state index in [-0.39, 0.29) is 0 Å². The number of benzene rings is 2. The maximum absolute atomic E-state index is 12.9. The summed E-state index contributed by atoms with van der Waals surface area (Å²) in [5.74, 6) is 0.641. The van der Waals surface area contributed by atoms with Gasteiger partial charge in [-0.25, -0.2) is 9.72 Å². The standard InChI is InChI=1S/C22H21F3N2O2/c1-21(2,3)27(28)13-16-11-15-12-18(29-4)9-10-19(15)26-20(16)14-5-7-17(8-6-14)22(23,24)25/h5-13H,1-4H3/b27-13-. The molecule has 0 aliphatic rings. The number of aromatic nitrogens is 1. The first-order valence-corrected chi connectivity index (χ1v) is 8.97. The molecule has 0 spiro atoms. The lowest BCUT2D eigenvalue weighted by Crippen LogP contribution is -2.29. The second-order valence-corrected chi connectivity index (χ2v) is 7.69. The molecule has 2 aromatic carbocycles. The number of methoxy groups -OCH3 is 1. The number of halogens is 3. The van der Waals surface area contributed by atoms with Crippen molar-refractivity contribution in [1.82, 2.24) is 4.98 Å². The van der Waals surface area contributed by atoms with Crippen LogP contribution in [0.15, 0.2) is 48.5 Å². The van der Waals surface area contributed by atoms with E-state index in [1.165, 1.54) is 18.3 Å². The molecule has 0 N–H and O–H groups in total. The van der Waals surface area contributed by atoms with Crippen molar-refractivity contribution in [3.8, 4) is 17.0 Å². The molecule has 0 radical (unpaired) electrons. The molecule has 7 heteroatoms. The predicted molar refractivity (Wildman–Crippen MR) is 107 cm³/mol. The fraction of sp³-hybridized carbons (Fsp3) is 0.273. The summed E-state index contributed by atoms with van der Waals surface area (Å²) in [4.78, 5) is 4.61. The lowest BCUT2D eigenvalue weighted by atomic mass is 10.0. The van der Waals surface area contributed by atoms with Crippen molar-refractivity contribution in [3.63, 3.8) is 0 Å². The van der Waals surface area contributed by atoms with Gasteiger partial charge < -0.3 is 9.94 Å². The molecule has 0 aliphatic carbocycles. The second-order valence-electron chi connectivity index (χ2n) is 7.69. The molecule has 29 heavy (non-hydrogen) atoms. The van der Waals surface area contributed by atoms with Crippen LogP contribution in [0.25, 0.3) is 22.2 Å². The van der Waals surface area contributed by atoms with E-state index < -0.39 is 17.3 Å². The van der Waals surface area contributed by atoms with Crippen LogP contribution >= 0.6 is 0 Å². The van der Waals surface area contributed by atoms with E-state index in [1.807, 2.05) is 0 Å². The van der Waals surface area contributed by atoms with E-state index in [9.17, 15) is 18.4 Å². The van der Waals surface area contributed by atoms with Gasteiger partial charge in [0.1, 0.15) is 5.75 Å². The normalized spacial score (nSPS) is 13.0. The number of hydrogen-bond donors (Lipinski definition) is 0. The minimum absolute atomic E-state index is 0.432. The van der Waals surface area contributed by atoms with Gasteiger partial charge in [-0.2, -0.15) is 13.2 Å². The number of ether oxygens (including phenoxy) is 1. The smallest absolute Gasteiger partial charge is 0.416 e.